The Kier molecular flexibility index (Phi) is 17.5. The Morgan fingerprint density at radius 1 is 0.827 bits per heavy atom. The van der Waals surface area contributed by atoms with Crippen LogP contribution in [-0.4, -0.2) is 75.9 Å². The maximum atomic E-state index is 14.0. The molecule has 52 heavy (non-hydrogen) atoms. The van der Waals surface area contributed by atoms with Crippen molar-refractivity contribution in [2.24, 2.45) is 11.8 Å². The SMILES string of the molecule is CCCC[C@H](NC(=O)[C@H](Cc1ccnc2ccccc12)NC(=O)OCc1ccccc1)C(=O)N[C@@H](CC(C)C)[C@@H](O)CC(=O)N[C@H](CO)[C@@H](C)CC. The normalized spacial score (nSPS) is 14.8. The molecule has 0 aliphatic rings. The van der Waals surface area contributed by atoms with E-state index in [0.717, 1.165) is 34.9 Å². The van der Waals surface area contributed by atoms with Gasteiger partial charge in [-0.3, -0.25) is 19.4 Å². The third-order valence-electron chi connectivity index (χ3n) is 9.25. The fraction of sp³-hybridized carbons (Fsp3) is 0.525. The number of pyridine rings is 1. The number of hydrogen-bond acceptors (Lipinski definition) is 8. The Hall–Kier alpha value is -4.55. The minimum Gasteiger partial charge on any atom is -0.445 e. The number of carbonyl (C=O) groups is 4. The van der Waals surface area contributed by atoms with Gasteiger partial charge >= 0.3 is 6.09 Å². The van der Waals surface area contributed by atoms with E-state index in [4.69, 9.17) is 4.74 Å². The average Bonchev–Trinajstić information content (AvgIpc) is 3.13. The number of aliphatic hydroxyl groups excluding tert-OH is 2. The zero-order valence-electron chi connectivity index (χ0n) is 31.1. The summed E-state index contributed by atoms with van der Waals surface area (Å²) in [6, 6.07) is 15.2. The first-order valence-corrected chi connectivity index (χ1v) is 18.4. The van der Waals surface area contributed by atoms with Crippen LogP contribution in [0.25, 0.3) is 10.9 Å². The number of alkyl carbamates (subject to hydrolysis) is 1. The van der Waals surface area contributed by atoms with Crippen molar-refractivity contribution in [3.05, 3.63) is 78.0 Å². The number of nitrogens with one attached hydrogen (secondary N) is 4. The minimum atomic E-state index is -1.21. The van der Waals surface area contributed by atoms with E-state index in [9.17, 15) is 29.4 Å². The molecule has 12 heteroatoms. The Morgan fingerprint density at radius 3 is 2.19 bits per heavy atom. The van der Waals surface area contributed by atoms with Gasteiger partial charge in [-0.25, -0.2) is 4.79 Å². The Bertz CT molecular complexity index is 1560. The molecular formula is C40H57N5O7. The van der Waals surface area contributed by atoms with Gasteiger partial charge in [0.25, 0.3) is 0 Å². The number of nitrogens with zero attached hydrogens (tertiary/aromatic N) is 1. The van der Waals surface area contributed by atoms with Crippen molar-refractivity contribution in [2.45, 2.75) is 116 Å². The smallest absolute Gasteiger partial charge is 0.408 e. The Morgan fingerprint density at radius 2 is 1.52 bits per heavy atom. The van der Waals surface area contributed by atoms with E-state index in [2.05, 4.69) is 26.3 Å². The monoisotopic (exact) mass is 719 g/mol. The molecule has 0 saturated heterocycles. The van der Waals surface area contributed by atoms with Crippen LogP contribution in [-0.2, 0) is 32.1 Å². The number of aliphatic hydroxyl groups is 2. The summed E-state index contributed by atoms with van der Waals surface area (Å²) in [4.78, 5) is 58.2. The molecule has 4 amide bonds. The number of amides is 4. The van der Waals surface area contributed by atoms with E-state index in [1.165, 1.54) is 0 Å². The van der Waals surface area contributed by atoms with Gasteiger partial charge in [-0.15, -0.1) is 0 Å². The van der Waals surface area contributed by atoms with Gasteiger partial charge in [0.1, 0.15) is 18.7 Å². The Labute approximate surface area is 307 Å². The second-order valence-corrected chi connectivity index (χ2v) is 13.9. The van der Waals surface area contributed by atoms with Crippen LogP contribution in [0.1, 0.15) is 84.3 Å². The van der Waals surface area contributed by atoms with E-state index >= 15 is 0 Å². The van der Waals surface area contributed by atoms with E-state index in [-0.39, 0.29) is 37.9 Å². The topological polar surface area (TPSA) is 179 Å². The van der Waals surface area contributed by atoms with Crippen molar-refractivity contribution >= 4 is 34.7 Å². The largest absolute Gasteiger partial charge is 0.445 e. The molecule has 1 heterocycles. The molecule has 0 saturated carbocycles. The highest BCUT2D eigenvalue weighted by atomic mass is 16.5. The second kappa shape index (κ2) is 21.7. The highest BCUT2D eigenvalue weighted by Crippen LogP contribution is 2.19. The van der Waals surface area contributed by atoms with Crippen LogP contribution < -0.4 is 21.3 Å². The van der Waals surface area contributed by atoms with Crippen LogP contribution in [0.2, 0.25) is 0 Å². The molecule has 3 aromatic rings. The van der Waals surface area contributed by atoms with Crippen LogP contribution in [0.5, 0.6) is 0 Å². The maximum absolute atomic E-state index is 14.0. The first-order valence-electron chi connectivity index (χ1n) is 18.4. The lowest BCUT2D eigenvalue weighted by Gasteiger charge is -2.29. The third-order valence-corrected chi connectivity index (χ3v) is 9.25. The van der Waals surface area contributed by atoms with Crippen LogP contribution >= 0.6 is 0 Å². The summed E-state index contributed by atoms with van der Waals surface area (Å²) < 4.78 is 5.45. The van der Waals surface area contributed by atoms with Crippen molar-refractivity contribution in [3.63, 3.8) is 0 Å². The van der Waals surface area contributed by atoms with Crippen LogP contribution in [0.15, 0.2) is 66.9 Å². The minimum absolute atomic E-state index is 0.0105. The number of aromatic nitrogens is 1. The molecular weight excluding hydrogens is 662 g/mol. The van der Waals surface area contributed by atoms with Gasteiger partial charge in [-0.2, -0.15) is 0 Å². The van der Waals surface area contributed by atoms with Gasteiger partial charge in [-0.1, -0.05) is 102 Å². The van der Waals surface area contributed by atoms with E-state index in [0.29, 0.717) is 19.3 Å². The predicted octanol–water partition coefficient (Wildman–Crippen LogP) is 4.55. The molecule has 0 bridgehead atoms. The van der Waals surface area contributed by atoms with Crippen LogP contribution in [0.4, 0.5) is 4.79 Å². The number of unbranched alkanes of at least 4 members (excludes halogenated alkanes) is 1. The van der Waals surface area contributed by atoms with Crippen molar-refractivity contribution in [1.29, 1.82) is 0 Å². The lowest BCUT2D eigenvalue weighted by molar-refractivity contribution is -0.131. The van der Waals surface area contributed by atoms with Crippen molar-refractivity contribution in [2.75, 3.05) is 6.61 Å². The molecule has 284 valence electrons. The van der Waals surface area contributed by atoms with Crippen LogP contribution in [0, 0.1) is 11.8 Å². The molecule has 3 rings (SSSR count). The van der Waals surface area contributed by atoms with Crippen molar-refractivity contribution in [3.8, 4) is 0 Å². The fourth-order valence-corrected chi connectivity index (χ4v) is 5.97. The molecule has 6 atom stereocenters. The molecule has 0 radical (unpaired) electrons. The highest BCUT2D eigenvalue weighted by molar-refractivity contribution is 5.92. The van der Waals surface area contributed by atoms with Crippen molar-refractivity contribution in [1.82, 2.24) is 26.3 Å². The number of benzene rings is 2. The van der Waals surface area contributed by atoms with Gasteiger partial charge < -0.3 is 36.2 Å². The van der Waals surface area contributed by atoms with Gasteiger partial charge in [0.2, 0.25) is 17.7 Å². The van der Waals surface area contributed by atoms with E-state index in [1.807, 2.05) is 89.2 Å². The highest BCUT2D eigenvalue weighted by Gasteiger charge is 2.32. The molecule has 6 N–H and O–H groups in total. The maximum Gasteiger partial charge on any atom is 0.408 e. The molecule has 12 nitrogen and oxygen atoms in total. The second-order valence-electron chi connectivity index (χ2n) is 13.9. The fourth-order valence-electron chi connectivity index (χ4n) is 5.97. The first-order chi connectivity index (χ1) is 24.9. The predicted molar refractivity (Wildman–Crippen MR) is 201 cm³/mol. The van der Waals surface area contributed by atoms with E-state index < -0.39 is 54.1 Å². The molecule has 0 aliphatic heterocycles. The third kappa shape index (κ3) is 13.5. The molecule has 0 spiro atoms. The van der Waals surface area contributed by atoms with Gasteiger partial charge in [0.05, 0.1) is 36.7 Å². The number of hydrogen-bond donors (Lipinski definition) is 6. The summed E-state index contributed by atoms with van der Waals surface area (Å²) in [5, 5.41) is 33.0. The molecule has 1 aromatic heterocycles. The lowest BCUT2D eigenvalue weighted by Crippen LogP contribution is -2.57. The Balaban J connectivity index is 1.80. The number of fused-ring (bicyclic) bond motifs is 1. The van der Waals surface area contributed by atoms with Gasteiger partial charge in [0.15, 0.2) is 0 Å². The van der Waals surface area contributed by atoms with Gasteiger partial charge in [0, 0.05) is 18.0 Å². The van der Waals surface area contributed by atoms with Crippen LogP contribution in [0.3, 0.4) is 0 Å². The molecule has 0 aliphatic carbocycles. The van der Waals surface area contributed by atoms with Crippen molar-refractivity contribution < 1.29 is 34.1 Å². The molecule has 0 unspecified atom stereocenters. The summed E-state index contributed by atoms with van der Waals surface area (Å²) >= 11 is 0. The quantitative estimate of drug-likeness (QED) is 0.0928. The summed E-state index contributed by atoms with van der Waals surface area (Å²) in [5.74, 6) is -1.39. The summed E-state index contributed by atoms with van der Waals surface area (Å²) in [7, 11) is 0. The first kappa shape index (κ1) is 41.9. The molecule has 2 aromatic carbocycles. The standard InChI is InChI=1S/C40H57N5O7/c1-6-8-17-32(38(49)44-33(21-26(3)4)36(47)23-37(48)42-35(24-46)27(5)7-2)43-39(50)34(45-40(51)52-25-28-14-10-9-11-15-28)22-29-19-20-41-31-18-13-12-16-30(29)31/h9-16,18-20,26-27,32-36,46-47H,6-8,17,21-25H2,1-5H3,(H,42,48)(H,43,50)(H,44,49)(H,45,51)/t27-,32-,33-,34-,35+,36-/m0/s1. The van der Waals surface area contributed by atoms with Gasteiger partial charge in [-0.05, 0) is 47.9 Å². The summed E-state index contributed by atoms with van der Waals surface area (Å²) in [6.45, 7) is 9.55. The lowest BCUT2D eigenvalue weighted by atomic mass is 9.95. The number of para-hydroxylation sites is 1. The average molecular weight is 720 g/mol. The van der Waals surface area contributed by atoms with E-state index in [1.54, 1.807) is 12.3 Å². The number of ether oxygens (including phenoxy) is 1. The summed E-state index contributed by atoms with van der Waals surface area (Å²) in [5.41, 5.74) is 2.30. The zero-order valence-corrected chi connectivity index (χ0v) is 31.1. The number of rotatable bonds is 21. The summed E-state index contributed by atoms with van der Waals surface area (Å²) in [6.07, 6.45) is 2.33. The zero-order chi connectivity index (χ0) is 38.0. The number of carbonyl (C=O) groups excluding carboxylic acids is 4. The molecule has 0 fully saturated rings.